The molecule has 4 nitrogen and oxygen atoms in total. The zero-order chi connectivity index (χ0) is 13.7. The summed E-state index contributed by atoms with van der Waals surface area (Å²) in [6, 6.07) is 9.40. The van der Waals surface area contributed by atoms with Crippen LogP contribution in [0.2, 0.25) is 5.02 Å². The number of ether oxygens (including phenoxy) is 2. The Labute approximate surface area is 117 Å². The fourth-order valence-electron chi connectivity index (χ4n) is 1.59. The van der Waals surface area contributed by atoms with Crippen LogP contribution in [0, 0.1) is 0 Å². The number of hydrogen-bond acceptors (Lipinski definition) is 4. The molecule has 19 heavy (non-hydrogen) atoms. The molecule has 0 spiro atoms. The highest BCUT2D eigenvalue weighted by Gasteiger charge is 2.07. The van der Waals surface area contributed by atoms with E-state index in [1.54, 1.807) is 19.4 Å². The van der Waals surface area contributed by atoms with Crippen LogP contribution >= 0.6 is 11.6 Å². The molecule has 5 heteroatoms. The Hall–Kier alpha value is -1.78. The highest BCUT2D eigenvalue weighted by Crippen LogP contribution is 2.26. The lowest BCUT2D eigenvalue weighted by Crippen LogP contribution is -2.02. The molecule has 0 unspecified atom stereocenters. The Kier molecular flexibility index (Phi) is 4.60. The summed E-state index contributed by atoms with van der Waals surface area (Å²) in [5, 5.41) is 0.471. The van der Waals surface area contributed by atoms with E-state index < -0.39 is 0 Å². The SMILES string of the molecule is COc1ccc(COc2nccc(CN)c2Cl)cc1. The molecule has 0 aliphatic rings. The van der Waals surface area contributed by atoms with Crippen LogP contribution < -0.4 is 15.2 Å². The van der Waals surface area contributed by atoms with Gasteiger partial charge in [0, 0.05) is 12.7 Å². The van der Waals surface area contributed by atoms with Crippen molar-refractivity contribution in [2.75, 3.05) is 7.11 Å². The van der Waals surface area contributed by atoms with E-state index in [-0.39, 0.29) is 0 Å². The van der Waals surface area contributed by atoms with Crippen molar-refractivity contribution in [3.05, 3.63) is 52.7 Å². The maximum atomic E-state index is 6.14. The van der Waals surface area contributed by atoms with Crippen LogP contribution in [0.15, 0.2) is 36.5 Å². The molecule has 0 saturated heterocycles. The second-order valence-electron chi connectivity index (χ2n) is 3.93. The molecule has 1 aromatic heterocycles. The van der Waals surface area contributed by atoms with E-state index in [1.807, 2.05) is 24.3 Å². The van der Waals surface area contributed by atoms with Crippen molar-refractivity contribution in [3.8, 4) is 11.6 Å². The molecule has 0 amide bonds. The van der Waals surface area contributed by atoms with Crippen molar-refractivity contribution in [2.45, 2.75) is 13.2 Å². The molecule has 0 bridgehead atoms. The standard InChI is InChI=1S/C14H15ClN2O2/c1-18-12-4-2-10(3-5-12)9-19-14-13(15)11(8-16)6-7-17-14/h2-7H,8-9,16H2,1H3. The minimum absolute atomic E-state index is 0.361. The first kappa shape index (κ1) is 13.6. The molecular weight excluding hydrogens is 264 g/mol. The van der Waals surface area contributed by atoms with E-state index in [1.165, 1.54) is 0 Å². The Morgan fingerprint density at radius 1 is 1.21 bits per heavy atom. The maximum Gasteiger partial charge on any atom is 0.233 e. The van der Waals surface area contributed by atoms with Gasteiger partial charge in [0.1, 0.15) is 17.4 Å². The van der Waals surface area contributed by atoms with E-state index in [9.17, 15) is 0 Å². The molecule has 2 N–H and O–H groups in total. The van der Waals surface area contributed by atoms with Crippen molar-refractivity contribution >= 4 is 11.6 Å². The molecule has 0 aliphatic heterocycles. The van der Waals surface area contributed by atoms with Gasteiger partial charge in [-0.1, -0.05) is 23.7 Å². The maximum absolute atomic E-state index is 6.14. The highest BCUT2D eigenvalue weighted by molar-refractivity contribution is 6.32. The number of nitrogens with two attached hydrogens (primary N) is 1. The minimum Gasteiger partial charge on any atom is -0.497 e. The van der Waals surface area contributed by atoms with E-state index in [0.717, 1.165) is 16.9 Å². The molecule has 0 saturated carbocycles. The molecule has 1 heterocycles. The molecule has 2 rings (SSSR count). The van der Waals surface area contributed by atoms with Gasteiger partial charge in [-0.05, 0) is 29.3 Å². The summed E-state index contributed by atoms with van der Waals surface area (Å²) in [6.45, 7) is 0.755. The molecule has 2 aromatic rings. The number of hydrogen-bond donors (Lipinski definition) is 1. The zero-order valence-corrected chi connectivity index (χ0v) is 11.4. The molecule has 0 atom stereocenters. The molecule has 1 aromatic carbocycles. The van der Waals surface area contributed by atoms with Crippen LogP contribution in [0.3, 0.4) is 0 Å². The van der Waals surface area contributed by atoms with E-state index in [4.69, 9.17) is 26.8 Å². The molecule has 0 aliphatic carbocycles. The fraction of sp³-hybridized carbons (Fsp3) is 0.214. The van der Waals surface area contributed by atoms with Crippen molar-refractivity contribution in [3.63, 3.8) is 0 Å². The average molecular weight is 279 g/mol. The first-order chi connectivity index (χ1) is 9.24. The quantitative estimate of drug-likeness (QED) is 0.914. The highest BCUT2D eigenvalue weighted by atomic mass is 35.5. The van der Waals surface area contributed by atoms with Crippen LogP contribution in [-0.2, 0) is 13.2 Å². The Morgan fingerprint density at radius 3 is 2.58 bits per heavy atom. The summed E-state index contributed by atoms with van der Waals surface area (Å²) < 4.78 is 10.7. The van der Waals surface area contributed by atoms with Crippen LogP contribution in [0.5, 0.6) is 11.6 Å². The number of benzene rings is 1. The van der Waals surface area contributed by atoms with Gasteiger partial charge in [0.2, 0.25) is 5.88 Å². The van der Waals surface area contributed by atoms with Crippen LogP contribution in [0.1, 0.15) is 11.1 Å². The van der Waals surface area contributed by atoms with Gasteiger partial charge in [0.05, 0.1) is 7.11 Å². The van der Waals surface area contributed by atoms with Gasteiger partial charge in [-0.15, -0.1) is 0 Å². The van der Waals surface area contributed by atoms with Crippen LogP contribution in [-0.4, -0.2) is 12.1 Å². The Bertz CT molecular complexity index is 544. The summed E-state index contributed by atoms with van der Waals surface area (Å²) in [4.78, 5) is 4.10. The van der Waals surface area contributed by atoms with Gasteiger partial charge in [-0.2, -0.15) is 0 Å². The predicted octanol–water partition coefficient (Wildman–Crippen LogP) is 2.78. The van der Waals surface area contributed by atoms with E-state index in [0.29, 0.717) is 24.1 Å². The third-order valence-electron chi connectivity index (χ3n) is 2.69. The summed E-state index contributed by atoms with van der Waals surface area (Å²) in [7, 11) is 1.63. The number of pyridine rings is 1. The van der Waals surface area contributed by atoms with E-state index in [2.05, 4.69) is 4.98 Å². The van der Waals surface area contributed by atoms with E-state index >= 15 is 0 Å². The van der Waals surface area contributed by atoms with Crippen LogP contribution in [0.4, 0.5) is 0 Å². The molecular formula is C14H15ClN2O2. The zero-order valence-electron chi connectivity index (χ0n) is 10.6. The predicted molar refractivity (Wildman–Crippen MR) is 74.5 cm³/mol. The van der Waals surface area contributed by atoms with Crippen molar-refractivity contribution in [2.24, 2.45) is 5.73 Å². The average Bonchev–Trinajstić information content (AvgIpc) is 2.47. The van der Waals surface area contributed by atoms with Gasteiger partial charge < -0.3 is 15.2 Å². The smallest absolute Gasteiger partial charge is 0.233 e. The first-order valence-electron chi connectivity index (χ1n) is 5.83. The number of nitrogens with zero attached hydrogens (tertiary/aromatic N) is 1. The minimum atomic E-state index is 0.361. The lowest BCUT2D eigenvalue weighted by Gasteiger charge is -2.09. The van der Waals surface area contributed by atoms with Crippen molar-refractivity contribution < 1.29 is 9.47 Å². The lowest BCUT2D eigenvalue weighted by atomic mass is 10.2. The molecule has 100 valence electrons. The largest absolute Gasteiger partial charge is 0.497 e. The van der Waals surface area contributed by atoms with Gasteiger partial charge >= 0.3 is 0 Å². The fourth-order valence-corrected chi connectivity index (χ4v) is 1.84. The number of methoxy groups -OCH3 is 1. The van der Waals surface area contributed by atoms with Gasteiger partial charge in [0.25, 0.3) is 0 Å². The van der Waals surface area contributed by atoms with Crippen molar-refractivity contribution in [1.82, 2.24) is 4.98 Å². The second kappa shape index (κ2) is 6.41. The summed E-state index contributed by atoms with van der Waals surface area (Å²) >= 11 is 6.14. The normalized spacial score (nSPS) is 10.3. The van der Waals surface area contributed by atoms with Crippen molar-refractivity contribution in [1.29, 1.82) is 0 Å². The number of aromatic nitrogens is 1. The Balaban J connectivity index is 2.05. The second-order valence-corrected chi connectivity index (χ2v) is 4.31. The van der Waals surface area contributed by atoms with Gasteiger partial charge in [-0.3, -0.25) is 0 Å². The van der Waals surface area contributed by atoms with Crippen LogP contribution in [0.25, 0.3) is 0 Å². The lowest BCUT2D eigenvalue weighted by molar-refractivity contribution is 0.293. The third kappa shape index (κ3) is 3.36. The van der Waals surface area contributed by atoms with Gasteiger partial charge in [0.15, 0.2) is 0 Å². The van der Waals surface area contributed by atoms with Gasteiger partial charge in [-0.25, -0.2) is 4.98 Å². The first-order valence-corrected chi connectivity index (χ1v) is 6.21. The molecule has 0 radical (unpaired) electrons. The summed E-state index contributed by atoms with van der Waals surface area (Å²) in [5.41, 5.74) is 7.41. The third-order valence-corrected chi connectivity index (χ3v) is 3.10. The Morgan fingerprint density at radius 2 is 1.95 bits per heavy atom. The monoisotopic (exact) mass is 278 g/mol. The molecule has 0 fully saturated rings. The summed E-state index contributed by atoms with van der Waals surface area (Å²) in [6.07, 6.45) is 1.64. The number of halogens is 1. The summed E-state index contributed by atoms with van der Waals surface area (Å²) in [5.74, 6) is 1.21. The number of rotatable bonds is 5. The topological polar surface area (TPSA) is 57.4 Å².